The number of H-pyrrole nitrogens is 1. The minimum atomic E-state index is 0.740. The van der Waals surface area contributed by atoms with Crippen LogP contribution in [0.3, 0.4) is 0 Å². The Hall–Kier alpha value is -3.34. The third-order valence-corrected chi connectivity index (χ3v) is 4.86. The molecule has 0 saturated carbocycles. The van der Waals surface area contributed by atoms with Crippen LogP contribution in [-0.2, 0) is 6.42 Å². The minimum Gasteiger partial charge on any atom is -0.370 e. The molecule has 2 aromatic carbocycles. The second-order valence-electron chi connectivity index (χ2n) is 7.17. The summed E-state index contributed by atoms with van der Waals surface area (Å²) < 4.78 is 0. The lowest BCUT2D eigenvalue weighted by Crippen LogP contribution is -2.08. The number of nitrogens with zero attached hydrogens (tertiary/aromatic N) is 2. The molecule has 0 spiro atoms. The molecule has 0 atom stereocenters. The molecular formula is C23H25N5. The number of benzene rings is 2. The molecule has 0 bridgehead atoms. The van der Waals surface area contributed by atoms with Crippen LogP contribution in [0, 0.1) is 20.8 Å². The van der Waals surface area contributed by atoms with Gasteiger partial charge in [0.2, 0.25) is 0 Å². The van der Waals surface area contributed by atoms with Crippen LogP contribution in [0.2, 0.25) is 0 Å². The van der Waals surface area contributed by atoms with Crippen molar-refractivity contribution in [2.45, 2.75) is 27.2 Å². The highest BCUT2D eigenvalue weighted by atomic mass is 15.1. The molecule has 4 rings (SSSR count). The molecular weight excluding hydrogens is 346 g/mol. The Morgan fingerprint density at radius 1 is 0.929 bits per heavy atom. The highest BCUT2D eigenvalue weighted by molar-refractivity contribution is 5.83. The van der Waals surface area contributed by atoms with Crippen molar-refractivity contribution in [3.05, 3.63) is 77.2 Å². The van der Waals surface area contributed by atoms with Crippen LogP contribution in [0.15, 0.2) is 54.7 Å². The van der Waals surface area contributed by atoms with Gasteiger partial charge < -0.3 is 15.6 Å². The van der Waals surface area contributed by atoms with E-state index in [9.17, 15) is 0 Å². The fourth-order valence-corrected chi connectivity index (χ4v) is 3.48. The Balaban J connectivity index is 1.45. The van der Waals surface area contributed by atoms with Gasteiger partial charge in [-0.2, -0.15) is 0 Å². The molecule has 0 fully saturated rings. The number of aromatic nitrogens is 3. The molecule has 142 valence electrons. The highest BCUT2D eigenvalue weighted by Gasteiger charge is 2.06. The van der Waals surface area contributed by atoms with Crippen LogP contribution in [-0.4, -0.2) is 21.5 Å². The summed E-state index contributed by atoms with van der Waals surface area (Å²) in [5.41, 5.74) is 6.00. The van der Waals surface area contributed by atoms with E-state index < -0.39 is 0 Å². The van der Waals surface area contributed by atoms with Gasteiger partial charge in [0.15, 0.2) is 0 Å². The maximum absolute atomic E-state index is 4.52. The molecule has 4 aromatic rings. The normalized spacial score (nSPS) is 11.0. The monoisotopic (exact) mass is 371 g/mol. The van der Waals surface area contributed by atoms with Gasteiger partial charge in [0, 0.05) is 35.4 Å². The zero-order chi connectivity index (χ0) is 19.5. The predicted molar refractivity (Wildman–Crippen MR) is 116 cm³/mol. The number of aromatic amines is 1. The van der Waals surface area contributed by atoms with Gasteiger partial charge in [0.1, 0.15) is 17.5 Å². The van der Waals surface area contributed by atoms with Crippen LogP contribution in [0.4, 0.5) is 17.3 Å². The number of aryl methyl sites for hydroxylation is 3. The zero-order valence-electron chi connectivity index (χ0n) is 16.5. The first kappa shape index (κ1) is 18.0. The van der Waals surface area contributed by atoms with E-state index in [1.807, 2.05) is 13.0 Å². The van der Waals surface area contributed by atoms with E-state index >= 15 is 0 Å². The molecule has 0 aliphatic carbocycles. The maximum Gasteiger partial charge on any atom is 0.136 e. The molecule has 2 heterocycles. The van der Waals surface area contributed by atoms with Crippen molar-refractivity contribution in [1.29, 1.82) is 0 Å². The van der Waals surface area contributed by atoms with Crippen LogP contribution in [0.5, 0.6) is 0 Å². The summed E-state index contributed by atoms with van der Waals surface area (Å²) in [5.74, 6) is 2.37. The molecule has 5 heteroatoms. The van der Waals surface area contributed by atoms with E-state index in [0.29, 0.717) is 0 Å². The number of hydrogen-bond acceptors (Lipinski definition) is 4. The lowest BCUT2D eigenvalue weighted by molar-refractivity contribution is 0.988. The Morgan fingerprint density at radius 3 is 2.61 bits per heavy atom. The molecule has 3 N–H and O–H groups in total. The van der Waals surface area contributed by atoms with Crippen LogP contribution >= 0.6 is 0 Å². The Kier molecular flexibility index (Phi) is 4.98. The molecule has 0 unspecified atom stereocenters. The molecule has 0 radical (unpaired) electrons. The summed E-state index contributed by atoms with van der Waals surface area (Å²) in [6.07, 6.45) is 3.01. The number of para-hydroxylation sites is 1. The molecule has 0 amide bonds. The molecule has 28 heavy (non-hydrogen) atoms. The van der Waals surface area contributed by atoms with Crippen molar-refractivity contribution in [3.8, 4) is 0 Å². The standard InChI is InChI=1S/C23H25N5/c1-15-8-9-20(16(2)12-15)28-23-13-22(26-17(3)27-23)24-11-10-18-14-25-21-7-5-4-6-19(18)21/h4-9,12-14,25H,10-11H2,1-3H3,(H2,24,26,27,28). The summed E-state index contributed by atoms with van der Waals surface area (Å²) in [6, 6.07) is 16.7. The lowest BCUT2D eigenvalue weighted by Gasteiger charge is -2.12. The average molecular weight is 371 g/mol. The van der Waals surface area contributed by atoms with Crippen molar-refractivity contribution < 1.29 is 0 Å². The molecule has 5 nitrogen and oxygen atoms in total. The molecule has 0 aliphatic heterocycles. The topological polar surface area (TPSA) is 65.6 Å². The second kappa shape index (κ2) is 7.72. The Bertz CT molecular complexity index is 1110. The van der Waals surface area contributed by atoms with Gasteiger partial charge in [-0.05, 0) is 50.5 Å². The second-order valence-corrected chi connectivity index (χ2v) is 7.17. The van der Waals surface area contributed by atoms with Crippen LogP contribution in [0.1, 0.15) is 22.5 Å². The van der Waals surface area contributed by atoms with Gasteiger partial charge in [0.25, 0.3) is 0 Å². The summed E-state index contributed by atoms with van der Waals surface area (Å²) in [7, 11) is 0. The number of hydrogen-bond donors (Lipinski definition) is 3. The van der Waals surface area contributed by atoms with Crippen molar-refractivity contribution in [2.24, 2.45) is 0 Å². The van der Waals surface area contributed by atoms with Gasteiger partial charge in [-0.1, -0.05) is 35.9 Å². The van der Waals surface area contributed by atoms with Crippen molar-refractivity contribution in [3.63, 3.8) is 0 Å². The SMILES string of the molecule is Cc1ccc(Nc2cc(NCCc3c[nH]c4ccccc34)nc(C)n2)c(C)c1. The third-order valence-electron chi connectivity index (χ3n) is 4.86. The minimum absolute atomic E-state index is 0.740. The summed E-state index contributed by atoms with van der Waals surface area (Å²) in [5, 5.41) is 8.12. The van der Waals surface area contributed by atoms with Crippen molar-refractivity contribution in [2.75, 3.05) is 17.2 Å². The third kappa shape index (κ3) is 3.98. The van der Waals surface area contributed by atoms with Gasteiger partial charge >= 0.3 is 0 Å². The molecule has 0 saturated heterocycles. The van der Waals surface area contributed by atoms with Crippen molar-refractivity contribution in [1.82, 2.24) is 15.0 Å². The smallest absolute Gasteiger partial charge is 0.136 e. The van der Waals surface area contributed by atoms with E-state index in [-0.39, 0.29) is 0 Å². The summed E-state index contributed by atoms with van der Waals surface area (Å²) in [6.45, 7) is 6.92. The largest absolute Gasteiger partial charge is 0.370 e. The van der Waals surface area contributed by atoms with E-state index in [2.05, 4.69) is 88.1 Å². The van der Waals surface area contributed by atoms with E-state index in [0.717, 1.165) is 36.1 Å². The van der Waals surface area contributed by atoms with E-state index in [1.165, 1.54) is 27.6 Å². The first-order valence-corrected chi connectivity index (χ1v) is 9.57. The highest BCUT2D eigenvalue weighted by Crippen LogP contribution is 2.22. The fourth-order valence-electron chi connectivity index (χ4n) is 3.48. The molecule has 0 aliphatic rings. The van der Waals surface area contributed by atoms with Gasteiger partial charge in [0.05, 0.1) is 0 Å². The van der Waals surface area contributed by atoms with E-state index in [1.54, 1.807) is 0 Å². The number of fused-ring (bicyclic) bond motifs is 1. The van der Waals surface area contributed by atoms with E-state index in [4.69, 9.17) is 0 Å². The van der Waals surface area contributed by atoms with Crippen LogP contribution < -0.4 is 10.6 Å². The zero-order valence-corrected chi connectivity index (χ0v) is 16.5. The van der Waals surface area contributed by atoms with Gasteiger partial charge in [-0.25, -0.2) is 9.97 Å². The van der Waals surface area contributed by atoms with Gasteiger partial charge in [-0.3, -0.25) is 0 Å². The first-order chi connectivity index (χ1) is 13.6. The van der Waals surface area contributed by atoms with Crippen molar-refractivity contribution >= 4 is 28.2 Å². The first-order valence-electron chi connectivity index (χ1n) is 9.57. The average Bonchev–Trinajstić information content (AvgIpc) is 3.07. The Labute approximate surface area is 165 Å². The molecule has 2 aromatic heterocycles. The number of anilines is 3. The summed E-state index contributed by atoms with van der Waals surface area (Å²) >= 11 is 0. The predicted octanol–water partition coefficient (Wildman–Crippen LogP) is 5.28. The number of nitrogens with one attached hydrogen (secondary N) is 3. The van der Waals surface area contributed by atoms with Crippen LogP contribution in [0.25, 0.3) is 10.9 Å². The fraction of sp³-hybridized carbons (Fsp3) is 0.217. The van der Waals surface area contributed by atoms with Gasteiger partial charge in [-0.15, -0.1) is 0 Å². The maximum atomic E-state index is 4.52. The Morgan fingerprint density at radius 2 is 1.75 bits per heavy atom. The lowest BCUT2D eigenvalue weighted by atomic mass is 10.1. The quantitative estimate of drug-likeness (QED) is 0.431. The summed E-state index contributed by atoms with van der Waals surface area (Å²) in [4.78, 5) is 12.4. The number of rotatable bonds is 6.